The largest absolute Gasteiger partial charge is 0.494 e. The lowest BCUT2D eigenvalue weighted by atomic mass is 10.1. The van der Waals surface area contributed by atoms with Crippen LogP contribution in [0.1, 0.15) is 18.2 Å². The van der Waals surface area contributed by atoms with Crippen molar-refractivity contribution >= 4 is 46.2 Å². The van der Waals surface area contributed by atoms with Crippen molar-refractivity contribution < 1.29 is 27.1 Å². The number of amides is 1. The number of benzene rings is 2. The molecule has 1 saturated heterocycles. The summed E-state index contributed by atoms with van der Waals surface area (Å²) in [5.74, 6) is 1.55. The SMILES string of the molecule is CCOc1ccc(N=C2NC(=O)S/C2=C\c2ccc(-c3cc(C(F)(F)F)ccc3Cl)o2)cc1. The first kappa shape index (κ1) is 23.0. The second kappa shape index (κ2) is 9.36. The Morgan fingerprint density at radius 2 is 1.91 bits per heavy atom. The maximum Gasteiger partial charge on any atom is 0.416 e. The van der Waals surface area contributed by atoms with Gasteiger partial charge in [-0.3, -0.25) is 4.79 Å². The summed E-state index contributed by atoms with van der Waals surface area (Å²) in [6.07, 6.45) is -2.92. The molecule has 0 aliphatic carbocycles. The number of halogens is 4. The molecule has 1 aliphatic heterocycles. The van der Waals surface area contributed by atoms with Crippen LogP contribution in [-0.2, 0) is 6.18 Å². The fraction of sp³-hybridized carbons (Fsp3) is 0.130. The molecule has 0 bridgehead atoms. The summed E-state index contributed by atoms with van der Waals surface area (Å²) in [5.41, 5.74) is -0.102. The Bertz CT molecular complexity index is 1250. The maximum absolute atomic E-state index is 13.1. The van der Waals surface area contributed by atoms with Crippen molar-refractivity contribution in [1.29, 1.82) is 0 Å². The Morgan fingerprint density at radius 3 is 2.61 bits per heavy atom. The van der Waals surface area contributed by atoms with E-state index in [1.165, 1.54) is 12.1 Å². The van der Waals surface area contributed by atoms with E-state index in [1.54, 1.807) is 36.4 Å². The van der Waals surface area contributed by atoms with Gasteiger partial charge in [0.25, 0.3) is 5.24 Å². The van der Waals surface area contributed by atoms with E-state index in [1.807, 2.05) is 6.92 Å². The smallest absolute Gasteiger partial charge is 0.416 e. The molecule has 0 spiro atoms. The van der Waals surface area contributed by atoms with Crippen LogP contribution in [0.5, 0.6) is 5.75 Å². The molecule has 1 aliphatic rings. The Balaban J connectivity index is 1.62. The summed E-state index contributed by atoms with van der Waals surface area (Å²) in [6, 6.07) is 13.2. The molecule has 10 heteroatoms. The number of ether oxygens (including phenoxy) is 1. The van der Waals surface area contributed by atoms with E-state index in [9.17, 15) is 18.0 Å². The minimum atomic E-state index is -4.50. The molecule has 5 nitrogen and oxygen atoms in total. The van der Waals surface area contributed by atoms with E-state index in [-0.39, 0.29) is 21.6 Å². The summed E-state index contributed by atoms with van der Waals surface area (Å²) >= 11 is 7.03. The zero-order chi connectivity index (χ0) is 23.6. The molecule has 2 heterocycles. The highest BCUT2D eigenvalue weighted by Crippen LogP contribution is 2.37. The number of thioether (sulfide) groups is 1. The number of hydrogen-bond donors (Lipinski definition) is 1. The van der Waals surface area contributed by atoms with Gasteiger partial charge in [0.2, 0.25) is 0 Å². The number of alkyl halides is 3. The first-order valence-electron chi connectivity index (χ1n) is 9.72. The van der Waals surface area contributed by atoms with Gasteiger partial charge in [0.05, 0.1) is 27.8 Å². The number of amidine groups is 1. The van der Waals surface area contributed by atoms with Gasteiger partial charge < -0.3 is 14.5 Å². The molecule has 0 atom stereocenters. The number of carbonyl (C=O) groups excluding carboxylic acids is 1. The van der Waals surface area contributed by atoms with E-state index in [4.69, 9.17) is 20.8 Å². The van der Waals surface area contributed by atoms with E-state index in [0.717, 1.165) is 23.9 Å². The third-order valence-electron chi connectivity index (χ3n) is 4.50. The van der Waals surface area contributed by atoms with Crippen LogP contribution >= 0.6 is 23.4 Å². The first-order valence-corrected chi connectivity index (χ1v) is 10.9. The second-order valence-electron chi connectivity index (χ2n) is 6.80. The summed E-state index contributed by atoms with van der Waals surface area (Å²) in [5, 5.41) is 2.49. The minimum Gasteiger partial charge on any atom is -0.494 e. The Hall–Kier alpha value is -3.17. The van der Waals surface area contributed by atoms with Crippen molar-refractivity contribution in [2.75, 3.05) is 6.61 Å². The standard InChI is InChI=1S/C23H16ClF3N2O3S/c1-2-31-15-6-4-14(5-7-15)28-21-20(33-22(30)29-21)12-16-8-10-19(32-16)17-11-13(23(25,26)27)3-9-18(17)24/h3-12H,2H2,1H3,(H,28,29,30)/b20-12-. The maximum atomic E-state index is 13.1. The van der Waals surface area contributed by atoms with Crippen molar-refractivity contribution in [1.82, 2.24) is 5.32 Å². The zero-order valence-electron chi connectivity index (χ0n) is 17.1. The molecule has 0 radical (unpaired) electrons. The van der Waals surface area contributed by atoms with Gasteiger partial charge in [-0.25, -0.2) is 4.99 Å². The van der Waals surface area contributed by atoms with Gasteiger partial charge in [-0.15, -0.1) is 0 Å². The number of aliphatic imine (C=N–C) groups is 1. The molecule has 1 N–H and O–H groups in total. The molecule has 0 saturated carbocycles. The van der Waals surface area contributed by atoms with Gasteiger partial charge >= 0.3 is 6.18 Å². The van der Waals surface area contributed by atoms with E-state index < -0.39 is 11.7 Å². The number of nitrogens with one attached hydrogen (secondary N) is 1. The molecule has 0 unspecified atom stereocenters. The molecule has 1 amide bonds. The molecular weight excluding hydrogens is 477 g/mol. The Morgan fingerprint density at radius 1 is 1.15 bits per heavy atom. The number of rotatable bonds is 5. The highest BCUT2D eigenvalue weighted by molar-refractivity contribution is 8.18. The van der Waals surface area contributed by atoms with Crippen LogP contribution in [0.3, 0.4) is 0 Å². The van der Waals surface area contributed by atoms with Crippen LogP contribution < -0.4 is 10.1 Å². The van der Waals surface area contributed by atoms with Crippen LogP contribution in [-0.4, -0.2) is 17.7 Å². The van der Waals surface area contributed by atoms with E-state index >= 15 is 0 Å². The monoisotopic (exact) mass is 492 g/mol. The Labute approximate surface area is 196 Å². The van der Waals surface area contributed by atoms with Crippen LogP contribution in [0, 0.1) is 0 Å². The summed E-state index contributed by atoms with van der Waals surface area (Å²) in [7, 11) is 0. The van der Waals surface area contributed by atoms with E-state index in [0.29, 0.717) is 34.5 Å². The average molecular weight is 493 g/mol. The minimum absolute atomic E-state index is 0.118. The quantitative estimate of drug-likeness (QED) is 0.399. The highest BCUT2D eigenvalue weighted by Gasteiger charge is 2.31. The molecular formula is C23H16ClF3N2O3S. The fourth-order valence-electron chi connectivity index (χ4n) is 3.02. The predicted octanol–water partition coefficient (Wildman–Crippen LogP) is 7.55. The Kier molecular flexibility index (Phi) is 6.53. The lowest BCUT2D eigenvalue weighted by molar-refractivity contribution is -0.137. The van der Waals surface area contributed by atoms with Crippen molar-refractivity contribution in [2.24, 2.45) is 4.99 Å². The third-order valence-corrected chi connectivity index (χ3v) is 5.65. The van der Waals surface area contributed by atoms with Crippen molar-refractivity contribution in [3.8, 4) is 17.1 Å². The molecule has 1 aromatic heterocycles. The van der Waals surface area contributed by atoms with Crippen molar-refractivity contribution in [3.63, 3.8) is 0 Å². The summed E-state index contributed by atoms with van der Waals surface area (Å²) in [4.78, 5) is 16.9. The lowest BCUT2D eigenvalue weighted by Crippen LogP contribution is -2.18. The summed E-state index contributed by atoms with van der Waals surface area (Å²) < 4.78 is 50.3. The van der Waals surface area contributed by atoms with Crippen molar-refractivity contribution in [3.05, 3.63) is 75.8 Å². The molecule has 170 valence electrons. The van der Waals surface area contributed by atoms with Crippen LogP contribution in [0.25, 0.3) is 17.4 Å². The van der Waals surface area contributed by atoms with Gasteiger partial charge in [0.1, 0.15) is 23.1 Å². The number of nitrogens with zero attached hydrogens (tertiary/aromatic N) is 1. The van der Waals surface area contributed by atoms with Gasteiger partial charge in [0, 0.05) is 5.56 Å². The molecule has 33 heavy (non-hydrogen) atoms. The predicted molar refractivity (Wildman–Crippen MR) is 123 cm³/mol. The van der Waals surface area contributed by atoms with E-state index in [2.05, 4.69) is 10.3 Å². The lowest BCUT2D eigenvalue weighted by Gasteiger charge is -2.09. The molecule has 4 rings (SSSR count). The highest BCUT2D eigenvalue weighted by atomic mass is 35.5. The number of hydrogen-bond acceptors (Lipinski definition) is 5. The number of furan rings is 1. The molecule has 1 fully saturated rings. The van der Waals surface area contributed by atoms with Crippen LogP contribution in [0.2, 0.25) is 5.02 Å². The average Bonchev–Trinajstić information content (AvgIpc) is 3.35. The van der Waals surface area contributed by atoms with Gasteiger partial charge in [0.15, 0.2) is 0 Å². The molecule has 3 aromatic rings. The number of carbonyl (C=O) groups is 1. The third kappa shape index (κ3) is 5.43. The first-order chi connectivity index (χ1) is 15.7. The second-order valence-corrected chi connectivity index (χ2v) is 8.23. The summed E-state index contributed by atoms with van der Waals surface area (Å²) in [6.45, 7) is 2.43. The normalized spacial score (nSPS) is 16.5. The fourth-order valence-corrected chi connectivity index (χ4v) is 3.95. The van der Waals surface area contributed by atoms with Crippen LogP contribution in [0.15, 0.2) is 68.9 Å². The molecule has 2 aromatic carbocycles. The van der Waals surface area contributed by atoms with Crippen molar-refractivity contribution in [2.45, 2.75) is 13.1 Å². The zero-order valence-corrected chi connectivity index (χ0v) is 18.6. The van der Waals surface area contributed by atoms with Crippen LogP contribution in [0.4, 0.5) is 23.7 Å². The van der Waals surface area contributed by atoms with Gasteiger partial charge in [-0.05, 0) is 79.4 Å². The topological polar surface area (TPSA) is 63.8 Å². The van der Waals surface area contributed by atoms with Gasteiger partial charge in [-0.2, -0.15) is 13.2 Å². The van der Waals surface area contributed by atoms with Gasteiger partial charge in [-0.1, -0.05) is 11.6 Å².